The Morgan fingerprint density at radius 1 is 1.24 bits per heavy atom. The number of hydrogen-bond donors (Lipinski definition) is 4. The summed E-state index contributed by atoms with van der Waals surface area (Å²) in [5.74, 6) is -1.40. The van der Waals surface area contributed by atoms with Crippen molar-refractivity contribution in [2.75, 3.05) is 11.9 Å². The monoisotopic (exact) mass is 313 g/mol. The molecule has 7 nitrogen and oxygen atoms in total. The summed E-state index contributed by atoms with van der Waals surface area (Å²) in [6.07, 6.45) is 0. The van der Waals surface area contributed by atoms with Gasteiger partial charge in [0.2, 0.25) is 5.91 Å². The van der Waals surface area contributed by atoms with Crippen molar-refractivity contribution in [2.24, 2.45) is 0 Å². The van der Waals surface area contributed by atoms with Crippen molar-refractivity contribution in [3.05, 3.63) is 16.0 Å². The number of nitrogens with one attached hydrogen (secondary N) is 3. The minimum atomic E-state index is -1.09. The molecule has 21 heavy (non-hydrogen) atoms. The predicted octanol–water partition coefficient (Wildman–Crippen LogP) is 1.71. The molecule has 1 rings (SSSR count). The molecule has 0 radical (unpaired) electrons. The first-order valence-electron chi connectivity index (χ1n) is 6.39. The molecular weight excluding hydrogens is 294 g/mol. The Kier molecular flexibility index (Phi) is 5.71. The zero-order chi connectivity index (χ0) is 16.2. The number of carboxylic acid groups (broad SMARTS) is 1. The number of urea groups is 1. The van der Waals surface area contributed by atoms with Crippen molar-refractivity contribution in [3.8, 4) is 0 Å². The van der Waals surface area contributed by atoms with Crippen LogP contribution in [0, 0.1) is 13.8 Å². The normalized spacial score (nSPS) is 10.3. The van der Waals surface area contributed by atoms with Gasteiger partial charge in [-0.2, -0.15) is 0 Å². The van der Waals surface area contributed by atoms with Crippen LogP contribution >= 0.6 is 11.3 Å². The van der Waals surface area contributed by atoms with Gasteiger partial charge in [-0.15, -0.1) is 11.3 Å². The molecule has 0 atom stereocenters. The van der Waals surface area contributed by atoms with Gasteiger partial charge in [0.15, 0.2) is 0 Å². The third-order valence-corrected chi connectivity index (χ3v) is 3.81. The highest BCUT2D eigenvalue weighted by atomic mass is 32.1. The maximum atomic E-state index is 11.7. The van der Waals surface area contributed by atoms with Gasteiger partial charge < -0.3 is 15.7 Å². The first-order chi connectivity index (χ1) is 9.72. The fraction of sp³-hybridized carbons (Fsp3) is 0.462. The number of anilines is 1. The second-order valence-corrected chi connectivity index (χ2v) is 6.05. The van der Waals surface area contributed by atoms with E-state index in [1.165, 1.54) is 11.3 Å². The topological polar surface area (TPSA) is 108 Å². The SMILES string of the molecule is Cc1sc(NC(=O)NCC(=O)NC(C)C)c(C(=O)O)c1C. The van der Waals surface area contributed by atoms with Crippen LogP contribution in [0.15, 0.2) is 0 Å². The quantitative estimate of drug-likeness (QED) is 0.663. The van der Waals surface area contributed by atoms with Crippen LogP contribution in [0.1, 0.15) is 34.6 Å². The van der Waals surface area contributed by atoms with Gasteiger partial charge in [0.1, 0.15) is 5.00 Å². The van der Waals surface area contributed by atoms with Crippen LogP contribution in [-0.2, 0) is 4.79 Å². The fourth-order valence-corrected chi connectivity index (χ4v) is 2.70. The van der Waals surface area contributed by atoms with E-state index in [4.69, 9.17) is 5.11 Å². The summed E-state index contributed by atoms with van der Waals surface area (Å²) in [6.45, 7) is 6.93. The van der Waals surface area contributed by atoms with E-state index in [0.29, 0.717) is 5.56 Å². The van der Waals surface area contributed by atoms with Crippen molar-refractivity contribution < 1.29 is 19.5 Å². The zero-order valence-corrected chi connectivity index (χ0v) is 13.2. The number of rotatable bonds is 5. The van der Waals surface area contributed by atoms with Crippen molar-refractivity contribution in [2.45, 2.75) is 33.7 Å². The first-order valence-corrected chi connectivity index (χ1v) is 7.21. The van der Waals surface area contributed by atoms with Crippen LogP contribution in [0.25, 0.3) is 0 Å². The molecule has 0 spiro atoms. The molecule has 0 saturated heterocycles. The lowest BCUT2D eigenvalue weighted by Crippen LogP contribution is -2.41. The molecule has 8 heteroatoms. The van der Waals surface area contributed by atoms with Crippen molar-refractivity contribution in [3.63, 3.8) is 0 Å². The summed E-state index contributed by atoms with van der Waals surface area (Å²) in [7, 11) is 0. The summed E-state index contributed by atoms with van der Waals surface area (Å²) < 4.78 is 0. The van der Waals surface area contributed by atoms with Crippen molar-refractivity contribution in [1.82, 2.24) is 10.6 Å². The standard InChI is InChI=1S/C13H19N3O4S/c1-6(2)15-9(17)5-14-13(20)16-11-10(12(18)19)7(3)8(4)21-11/h6H,5H2,1-4H3,(H,15,17)(H,18,19)(H2,14,16,20). The van der Waals surface area contributed by atoms with E-state index >= 15 is 0 Å². The van der Waals surface area contributed by atoms with Gasteiger partial charge in [0.05, 0.1) is 12.1 Å². The molecule has 0 aliphatic rings. The Hall–Kier alpha value is -2.09. The molecule has 0 fully saturated rings. The minimum Gasteiger partial charge on any atom is -0.478 e. The van der Waals surface area contributed by atoms with Gasteiger partial charge in [-0.25, -0.2) is 9.59 Å². The highest BCUT2D eigenvalue weighted by Gasteiger charge is 2.20. The van der Waals surface area contributed by atoms with Crippen LogP contribution < -0.4 is 16.0 Å². The van der Waals surface area contributed by atoms with Crippen LogP contribution in [-0.4, -0.2) is 35.6 Å². The molecule has 4 N–H and O–H groups in total. The largest absolute Gasteiger partial charge is 0.478 e. The Morgan fingerprint density at radius 2 is 1.86 bits per heavy atom. The fourth-order valence-electron chi connectivity index (χ4n) is 1.65. The summed E-state index contributed by atoms with van der Waals surface area (Å²) in [5, 5.41) is 16.9. The van der Waals surface area contributed by atoms with Gasteiger partial charge in [0.25, 0.3) is 0 Å². The van der Waals surface area contributed by atoms with Crippen LogP contribution in [0.5, 0.6) is 0 Å². The molecule has 3 amide bonds. The average Bonchev–Trinajstić information content (AvgIpc) is 2.61. The Bertz CT molecular complexity index is 566. The van der Waals surface area contributed by atoms with Crippen molar-refractivity contribution >= 4 is 34.2 Å². The first kappa shape index (κ1) is 17.0. The Morgan fingerprint density at radius 3 is 2.38 bits per heavy atom. The van der Waals surface area contributed by atoms with Crippen LogP contribution in [0.2, 0.25) is 0 Å². The molecule has 0 bridgehead atoms. The summed E-state index contributed by atoms with van der Waals surface area (Å²) in [4.78, 5) is 35.1. The number of aromatic carboxylic acids is 1. The second kappa shape index (κ2) is 7.07. The maximum Gasteiger partial charge on any atom is 0.338 e. The molecule has 0 aliphatic carbocycles. The van der Waals surface area contributed by atoms with E-state index in [1.807, 2.05) is 13.8 Å². The molecule has 0 saturated carbocycles. The van der Waals surface area contributed by atoms with E-state index in [2.05, 4.69) is 16.0 Å². The number of thiophene rings is 1. The van der Waals surface area contributed by atoms with E-state index in [1.54, 1.807) is 13.8 Å². The van der Waals surface area contributed by atoms with E-state index in [-0.39, 0.29) is 29.1 Å². The summed E-state index contributed by atoms with van der Waals surface area (Å²) in [6, 6.07) is -0.624. The van der Waals surface area contributed by atoms with Gasteiger partial charge >= 0.3 is 12.0 Å². The van der Waals surface area contributed by atoms with Crippen LogP contribution in [0.4, 0.5) is 9.80 Å². The maximum absolute atomic E-state index is 11.7. The van der Waals surface area contributed by atoms with Gasteiger partial charge in [-0.05, 0) is 33.3 Å². The van der Waals surface area contributed by atoms with Gasteiger partial charge in [-0.1, -0.05) is 0 Å². The molecule has 1 aromatic rings. The molecular formula is C13H19N3O4S. The van der Waals surface area contributed by atoms with E-state index < -0.39 is 12.0 Å². The number of amides is 3. The van der Waals surface area contributed by atoms with E-state index in [0.717, 1.165) is 4.88 Å². The Balaban J connectivity index is 2.66. The van der Waals surface area contributed by atoms with Gasteiger partial charge in [-0.3, -0.25) is 10.1 Å². The molecule has 1 heterocycles. The minimum absolute atomic E-state index is 0.0106. The van der Waals surface area contributed by atoms with Crippen LogP contribution in [0.3, 0.4) is 0 Å². The second-order valence-electron chi connectivity index (χ2n) is 4.82. The van der Waals surface area contributed by atoms with Crippen molar-refractivity contribution in [1.29, 1.82) is 0 Å². The molecule has 0 aliphatic heterocycles. The molecule has 0 unspecified atom stereocenters. The summed E-state index contributed by atoms with van der Waals surface area (Å²) >= 11 is 1.19. The lowest BCUT2D eigenvalue weighted by atomic mass is 10.1. The molecule has 116 valence electrons. The predicted molar refractivity (Wildman–Crippen MR) is 81.1 cm³/mol. The van der Waals surface area contributed by atoms with Gasteiger partial charge in [0, 0.05) is 10.9 Å². The summed E-state index contributed by atoms with van der Waals surface area (Å²) in [5.41, 5.74) is 0.708. The third kappa shape index (κ3) is 4.75. The number of carbonyl (C=O) groups is 3. The highest BCUT2D eigenvalue weighted by Crippen LogP contribution is 2.32. The van der Waals surface area contributed by atoms with E-state index in [9.17, 15) is 14.4 Å². The average molecular weight is 313 g/mol. The molecule has 1 aromatic heterocycles. The zero-order valence-electron chi connectivity index (χ0n) is 12.4. The number of aryl methyl sites for hydroxylation is 1. The molecule has 0 aromatic carbocycles. The highest BCUT2D eigenvalue weighted by molar-refractivity contribution is 7.16. The smallest absolute Gasteiger partial charge is 0.338 e. The number of carboxylic acids is 1. The lowest BCUT2D eigenvalue weighted by Gasteiger charge is -2.10. The number of hydrogen-bond acceptors (Lipinski definition) is 4. The number of carbonyl (C=O) groups excluding carboxylic acids is 2. The lowest BCUT2D eigenvalue weighted by molar-refractivity contribution is -0.120. The third-order valence-electron chi connectivity index (χ3n) is 2.69. The Labute approximate surface area is 126 Å².